The summed E-state index contributed by atoms with van der Waals surface area (Å²) in [6.07, 6.45) is 0.270. The van der Waals surface area contributed by atoms with E-state index in [1.165, 1.54) is 23.5 Å². The van der Waals surface area contributed by atoms with Crippen molar-refractivity contribution >= 4 is 78.0 Å². The van der Waals surface area contributed by atoms with Crippen LogP contribution >= 0.6 is 46.9 Å². The highest BCUT2D eigenvalue weighted by Crippen LogP contribution is 2.38. The Bertz CT molecular complexity index is 1260. The smallest absolute Gasteiger partial charge is 0.228 e. The van der Waals surface area contributed by atoms with Gasteiger partial charge in [-0.1, -0.05) is 48.4 Å². The number of anilines is 1. The summed E-state index contributed by atoms with van der Waals surface area (Å²) in [4.78, 5) is 22.0. The number of halogens is 3. The number of aromatic nitrogens is 1. The van der Waals surface area contributed by atoms with Gasteiger partial charge in [0.1, 0.15) is 11.3 Å². The molecule has 1 heterocycles. The number of sulfone groups is 1. The van der Waals surface area contributed by atoms with E-state index in [0.717, 1.165) is 17.8 Å². The van der Waals surface area contributed by atoms with Crippen LogP contribution in [-0.4, -0.2) is 63.3 Å². The van der Waals surface area contributed by atoms with Gasteiger partial charge in [0.15, 0.2) is 15.0 Å². The van der Waals surface area contributed by atoms with Gasteiger partial charge in [-0.15, -0.1) is 12.4 Å². The van der Waals surface area contributed by atoms with Crippen molar-refractivity contribution in [2.75, 3.05) is 43.9 Å². The molecule has 198 valence electrons. The molecule has 1 amide bonds. The van der Waals surface area contributed by atoms with Gasteiger partial charge in [-0.25, -0.2) is 13.4 Å². The van der Waals surface area contributed by atoms with Gasteiger partial charge in [-0.3, -0.25) is 9.69 Å². The molecule has 12 heteroatoms. The summed E-state index contributed by atoms with van der Waals surface area (Å²) in [6, 6.07) is 9.54. The van der Waals surface area contributed by atoms with E-state index in [4.69, 9.17) is 27.9 Å². The normalized spacial score (nSPS) is 11.5. The number of carbonyl (C=O) groups is 1. The number of fused-ring (bicyclic) bond motifs is 1. The number of likely N-dealkylation sites (N-methyl/N-ethyl adjacent to an activating group) is 1. The zero-order chi connectivity index (χ0) is 25.6. The lowest BCUT2D eigenvalue weighted by atomic mass is 10.3. The molecule has 7 nitrogen and oxygen atoms in total. The quantitative estimate of drug-likeness (QED) is 0.257. The van der Waals surface area contributed by atoms with Gasteiger partial charge >= 0.3 is 0 Å². The highest BCUT2D eigenvalue weighted by Gasteiger charge is 2.23. The maximum Gasteiger partial charge on any atom is 0.228 e. The molecule has 0 unspecified atom stereocenters. The number of nitrogens with zero attached hydrogens (tertiary/aromatic N) is 3. The summed E-state index contributed by atoms with van der Waals surface area (Å²) in [5.74, 6) is 0.263. The molecule has 0 aliphatic heterocycles. The van der Waals surface area contributed by atoms with Crippen LogP contribution in [0.3, 0.4) is 0 Å². The van der Waals surface area contributed by atoms with E-state index in [1.807, 2.05) is 0 Å². The summed E-state index contributed by atoms with van der Waals surface area (Å²) in [5, 5.41) is 1.52. The first-order valence-electron chi connectivity index (χ1n) is 11.3. The number of amides is 1. The number of benzene rings is 2. The highest BCUT2D eigenvalue weighted by atomic mass is 35.5. The van der Waals surface area contributed by atoms with E-state index in [9.17, 15) is 13.2 Å². The zero-order valence-electron chi connectivity index (χ0n) is 20.4. The molecular formula is C24H30Cl3N3O4S2. The number of thiazole rings is 1. The fraction of sp³-hybridized carbons (Fsp3) is 0.417. The van der Waals surface area contributed by atoms with Crippen LogP contribution in [0.4, 0.5) is 5.13 Å². The molecule has 0 aliphatic rings. The van der Waals surface area contributed by atoms with Crippen molar-refractivity contribution in [1.29, 1.82) is 0 Å². The van der Waals surface area contributed by atoms with Crippen molar-refractivity contribution in [2.45, 2.75) is 31.6 Å². The molecule has 0 spiro atoms. The molecule has 1 aromatic heterocycles. The molecule has 2 aromatic carbocycles. The maximum atomic E-state index is 13.3. The minimum absolute atomic E-state index is 0. The second-order valence-corrected chi connectivity index (χ2v) is 11.8. The molecule has 0 radical (unpaired) electrons. The van der Waals surface area contributed by atoms with Gasteiger partial charge in [-0.2, -0.15) is 0 Å². The standard InChI is InChI=1S/C24H29Cl2N3O4S2.ClH/c1-4-28(5-2)14-15-29(24-27-22-20(33-3)13-12-19(26)23(22)34-24)21(30)7-6-16-35(31,32)18-10-8-17(25)9-11-18;/h8-13H,4-7,14-16H2,1-3H3;1H. The first-order valence-corrected chi connectivity index (χ1v) is 14.6. The number of hydrogen-bond donors (Lipinski definition) is 0. The van der Waals surface area contributed by atoms with E-state index >= 15 is 0 Å². The van der Waals surface area contributed by atoms with Crippen molar-refractivity contribution in [3.8, 4) is 5.75 Å². The van der Waals surface area contributed by atoms with Crippen LogP contribution in [-0.2, 0) is 14.6 Å². The Kier molecular flexibility index (Phi) is 11.7. The summed E-state index contributed by atoms with van der Waals surface area (Å²) >= 11 is 13.6. The lowest BCUT2D eigenvalue weighted by Gasteiger charge is -2.24. The monoisotopic (exact) mass is 593 g/mol. The fourth-order valence-corrected chi connectivity index (χ4v) is 6.37. The topological polar surface area (TPSA) is 79.8 Å². The van der Waals surface area contributed by atoms with Crippen LogP contribution in [0.15, 0.2) is 41.3 Å². The predicted molar refractivity (Wildman–Crippen MR) is 151 cm³/mol. The maximum absolute atomic E-state index is 13.3. The lowest BCUT2D eigenvalue weighted by Crippen LogP contribution is -2.38. The largest absolute Gasteiger partial charge is 0.494 e. The zero-order valence-corrected chi connectivity index (χ0v) is 24.3. The van der Waals surface area contributed by atoms with Crippen LogP contribution < -0.4 is 9.64 Å². The second-order valence-electron chi connectivity index (χ2n) is 7.87. The first-order chi connectivity index (χ1) is 16.7. The molecule has 0 bridgehead atoms. The molecule has 0 saturated carbocycles. The minimum atomic E-state index is -3.52. The van der Waals surface area contributed by atoms with Gasteiger partial charge in [0.05, 0.1) is 27.5 Å². The Balaban J connectivity index is 0.00000456. The minimum Gasteiger partial charge on any atom is -0.494 e. The molecular weight excluding hydrogens is 565 g/mol. The molecule has 3 rings (SSSR count). The van der Waals surface area contributed by atoms with Crippen molar-refractivity contribution < 1.29 is 17.9 Å². The van der Waals surface area contributed by atoms with Crippen molar-refractivity contribution in [1.82, 2.24) is 9.88 Å². The average molecular weight is 595 g/mol. The van der Waals surface area contributed by atoms with E-state index in [0.29, 0.717) is 39.5 Å². The van der Waals surface area contributed by atoms with Crippen LogP contribution in [0.25, 0.3) is 10.2 Å². The summed E-state index contributed by atoms with van der Waals surface area (Å²) < 4.78 is 31.5. The highest BCUT2D eigenvalue weighted by molar-refractivity contribution is 7.91. The molecule has 36 heavy (non-hydrogen) atoms. The second kappa shape index (κ2) is 13.8. The summed E-state index contributed by atoms with van der Waals surface area (Å²) in [6.45, 7) is 6.96. The molecule has 3 aromatic rings. The van der Waals surface area contributed by atoms with Crippen LogP contribution in [0, 0.1) is 0 Å². The van der Waals surface area contributed by atoms with E-state index in [2.05, 4.69) is 23.7 Å². The number of methoxy groups -OCH3 is 1. The van der Waals surface area contributed by atoms with Gasteiger partial charge in [0.25, 0.3) is 0 Å². The number of ether oxygens (including phenoxy) is 1. The third kappa shape index (κ3) is 7.46. The van der Waals surface area contributed by atoms with E-state index in [1.54, 1.807) is 36.3 Å². The molecule has 0 atom stereocenters. The van der Waals surface area contributed by atoms with Crippen molar-refractivity contribution in [3.63, 3.8) is 0 Å². The van der Waals surface area contributed by atoms with Crippen molar-refractivity contribution in [2.24, 2.45) is 0 Å². The van der Waals surface area contributed by atoms with Gasteiger partial charge in [0.2, 0.25) is 5.91 Å². The third-order valence-corrected chi connectivity index (χ3v) is 9.32. The molecule has 0 fully saturated rings. The summed E-state index contributed by atoms with van der Waals surface area (Å²) in [5.41, 5.74) is 0.603. The summed E-state index contributed by atoms with van der Waals surface area (Å²) in [7, 11) is -1.95. The third-order valence-electron chi connectivity index (χ3n) is 5.71. The van der Waals surface area contributed by atoms with E-state index < -0.39 is 9.84 Å². The van der Waals surface area contributed by atoms with E-state index in [-0.39, 0.29) is 41.8 Å². The van der Waals surface area contributed by atoms with Gasteiger partial charge in [-0.05, 0) is 55.9 Å². The van der Waals surface area contributed by atoms with Crippen LogP contribution in [0.5, 0.6) is 5.75 Å². The van der Waals surface area contributed by atoms with Gasteiger partial charge < -0.3 is 9.64 Å². The van der Waals surface area contributed by atoms with Gasteiger partial charge in [0, 0.05) is 24.5 Å². The van der Waals surface area contributed by atoms with Crippen LogP contribution in [0.2, 0.25) is 10.0 Å². The lowest BCUT2D eigenvalue weighted by molar-refractivity contribution is -0.118. The number of carbonyl (C=O) groups excluding carboxylic acids is 1. The fourth-order valence-electron chi connectivity index (χ4n) is 3.64. The predicted octanol–water partition coefficient (Wildman–Crippen LogP) is 5.96. The number of hydrogen-bond acceptors (Lipinski definition) is 7. The average Bonchev–Trinajstić information content (AvgIpc) is 3.28. The van der Waals surface area contributed by atoms with Crippen LogP contribution in [0.1, 0.15) is 26.7 Å². The Morgan fingerprint density at radius 3 is 2.33 bits per heavy atom. The molecule has 0 N–H and O–H groups in total. The molecule has 0 saturated heterocycles. The Morgan fingerprint density at radius 2 is 1.72 bits per heavy atom. The Hall–Kier alpha value is -1.62. The Labute approximate surface area is 232 Å². The first kappa shape index (κ1) is 30.6. The SMILES string of the molecule is CCN(CC)CCN(C(=O)CCCS(=O)(=O)c1ccc(Cl)cc1)c1nc2c(OC)ccc(Cl)c2s1.Cl. The van der Waals surface area contributed by atoms with Crippen molar-refractivity contribution in [3.05, 3.63) is 46.4 Å². The Morgan fingerprint density at radius 1 is 1.06 bits per heavy atom. The number of rotatable bonds is 12. The molecule has 0 aliphatic carbocycles.